The van der Waals surface area contributed by atoms with Gasteiger partial charge in [0.2, 0.25) is 5.78 Å². The van der Waals surface area contributed by atoms with Crippen LogP contribution in [0.15, 0.2) is 23.1 Å². The number of rotatable bonds is 1. The van der Waals surface area contributed by atoms with E-state index < -0.39 is 0 Å². The number of aromatic nitrogens is 3. The molecule has 13 heavy (non-hydrogen) atoms. The highest BCUT2D eigenvalue weighted by atomic mass is 79.9. The van der Waals surface area contributed by atoms with Crippen LogP contribution in [-0.4, -0.2) is 14.4 Å². The molecular formula is C9H8BrN3. The Balaban J connectivity index is 2.26. The molecule has 0 bridgehead atoms. The van der Waals surface area contributed by atoms with Gasteiger partial charge in [-0.25, -0.2) is 9.97 Å². The molecule has 2 aromatic heterocycles. The van der Waals surface area contributed by atoms with Crippen molar-refractivity contribution in [2.75, 3.05) is 0 Å². The number of imidazole rings is 1. The van der Waals surface area contributed by atoms with Gasteiger partial charge >= 0.3 is 0 Å². The van der Waals surface area contributed by atoms with Crippen molar-refractivity contribution in [3.63, 3.8) is 0 Å². The molecule has 4 heteroatoms. The SMILES string of the molecule is Brc1ccnc2nc(C3CC3)cn12. The lowest BCUT2D eigenvalue weighted by Gasteiger charge is -1.92. The summed E-state index contributed by atoms with van der Waals surface area (Å²) >= 11 is 3.46. The molecule has 1 saturated carbocycles. The molecule has 2 heterocycles. The van der Waals surface area contributed by atoms with Crippen molar-refractivity contribution in [2.45, 2.75) is 18.8 Å². The minimum Gasteiger partial charge on any atom is -0.278 e. The van der Waals surface area contributed by atoms with Crippen molar-refractivity contribution in [3.05, 3.63) is 28.8 Å². The zero-order chi connectivity index (χ0) is 8.84. The van der Waals surface area contributed by atoms with Crippen LogP contribution in [0.1, 0.15) is 24.5 Å². The highest BCUT2D eigenvalue weighted by Crippen LogP contribution is 2.39. The summed E-state index contributed by atoms with van der Waals surface area (Å²) in [6.07, 6.45) is 6.40. The van der Waals surface area contributed by atoms with Crippen molar-refractivity contribution in [1.82, 2.24) is 14.4 Å². The van der Waals surface area contributed by atoms with Gasteiger partial charge in [-0.15, -0.1) is 0 Å². The second-order valence-electron chi connectivity index (χ2n) is 3.38. The van der Waals surface area contributed by atoms with Crippen LogP contribution in [0.5, 0.6) is 0 Å². The maximum absolute atomic E-state index is 4.46. The molecule has 1 fully saturated rings. The first-order valence-corrected chi connectivity index (χ1v) is 5.13. The van der Waals surface area contributed by atoms with E-state index in [1.165, 1.54) is 18.5 Å². The fourth-order valence-corrected chi connectivity index (χ4v) is 1.84. The average molecular weight is 238 g/mol. The standard InChI is InChI=1S/C9H8BrN3/c10-8-3-4-11-9-12-7(5-13(8)9)6-1-2-6/h3-6H,1-2H2. The second kappa shape index (κ2) is 2.54. The van der Waals surface area contributed by atoms with Crippen molar-refractivity contribution in [3.8, 4) is 0 Å². The van der Waals surface area contributed by atoms with Crippen molar-refractivity contribution in [2.24, 2.45) is 0 Å². The average Bonchev–Trinajstić information content (AvgIpc) is 2.87. The molecule has 1 aliphatic rings. The fourth-order valence-electron chi connectivity index (χ4n) is 1.46. The largest absolute Gasteiger partial charge is 0.278 e. The van der Waals surface area contributed by atoms with Gasteiger partial charge < -0.3 is 0 Å². The van der Waals surface area contributed by atoms with Gasteiger partial charge in [0.1, 0.15) is 0 Å². The number of fused-ring (bicyclic) bond motifs is 1. The maximum Gasteiger partial charge on any atom is 0.234 e. The Morgan fingerprint density at radius 1 is 1.46 bits per heavy atom. The number of halogens is 1. The van der Waals surface area contributed by atoms with Gasteiger partial charge in [0.15, 0.2) is 0 Å². The van der Waals surface area contributed by atoms with Gasteiger partial charge in [0.05, 0.1) is 10.3 Å². The highest BCUT2D eigenvalue weighted by molar-refractivity contribution is 9.10. The number of hydrogen-bond donors (Lipinski definition) is 0. The normalized spacial score (nSPS) is 16.7. The first-order valence-electron chi connectivity index (χ1n) is 4.34. The lowest BCUT2D eigenvalue weighted by molar-refractivity contribution is 1.05. The van der Waals surface area contributed by atoms with Crippen LogP contribution in [-0.2, 0) is 0 Å². The van der Waals surface area contributed by atoms with Gasteiger partial charge in [0, 0.05) is 18.3 Å². The maximum atomic E-state index is 4.46. The third kappa shape index (κ3) is 1.16. The first kappa shape index (κ1) is 7.50. The van der Waals surface area contributed by atoms with Crippen LogP contribution >= 0.6 is 15.9 Å². The molecule has 0 spiro atoms. The van der Waals surface area contributed by atoms with Crippen LogP contribution in [0.25, 0.3) is 5.78 Å². The number of hydrogen-bond acceptors (Lipinski definition) is 2. The van der Waals surface area contributed by atoms with Gasteiger partial charge in [-0.2, -0.15) is 0 Å². The van der Waals surface area contributed by atoms with E-state index in [0.717, 1.165) is 10.4 Å². The highest BCUT2D eigenvalue weighted by Gasteiger charge is 2.26. The molecule has 0 amide bonds. The second-order valence-corrected chi connectivity index (χ2v) is 4.19. The fraction of sp³-hybridized carbons (Fsp3) is 0.333. The smallest absolute Gasteiger partial charge is 0.234 e. The lowest BCUT2D eigenvalue weighted by Crippen LogP contribution is -1.87. The van der Waals surface area contributed by atoms with E-state index in [1.807, 2.05) is 10.5 Å². The molecule has 0 atom stereocenters. The Bertz CT molecular complexity index is 459. The van der Waals surface area contributed by atoms with E-state index in [0.29, 0.717) is 5.92 Å². The van der Waals surface area contributed by atoms with E-state index >= 15 is 0 Å². The predicted molar refractivity (Wildman–Crippen MR) is 52.7 cm³/mol. The van der Waals surface area contributed by atoms with E-state index in [1.54, 1.807) is 6.20 Å². The molecule has 0 aromatic carbocycles. The third-order valence-corrected chi connectivity index (χ3v) is 2.98. The molecule has 66 valence electrons. The molecule has 0 radical (unpaired) electrons. The monoisotopic (exact) mass is 237 g/mol. The molecule has 3 rings (SSSR count). The Hall–Kier alpha value is -0.900. The van der Waals surface area contributed by atoms with Crippen LogP contribution in [0, 0.1) is 0 Å². The first-order chi connectivity index (χ1) is 6.34. The van der Waals surface area contributed by atoms with Crippen LogP contribution in [0.4, 0.5) is 0 Å². The minimum absolute atomic E-state index is 0.689. The van der Waals surface area contributed by atoms with Crippen molar-refractivity contribution in [1.29, 1.82) is 0 Å². The summed E-state index contributed by atoms with van der Waals surface area (Å²) in [5, 5.41) is 0. The summed E-state index contributed by atoms with van der Waals surface area (Å²) in [7, 11) is 0. The number of nitrogens with zero attached hydrogens (tertiary/aromatic N) is 3. The van der Waals surface area contributed by atoms with Crippen LogP contribution < -0.4 is 0 Å². The lowest BCUT2D eigenvalue weighted by atomic mass is 10.3. The van der Waals surface area contributed by atoms with Gasteiger partial charge in [-0.05, 0) is 34.8 Å². The van der Waals surface area contributed by atoms with E-state index in [9.17, 15) is 0 Å². The Kier molecular flexibility index (Phi) is 1.47. The summed E-state index contributed by atoms with van der Waals surface area (Å²) in [4.78, 5) is 8.65. The van der Waals surface area contributed by atoms with Crippen molar-refractivity contribution >= 4 is 21.7 Å². The molecular weight excluding hydrogens is 230 g/mol. The Morgan fingerprint density at radius 3 is 3.00 bits per heavy atom. The quantitative estimate of drug-likeness (QED) is 0.714. The Labute approximate surface area is 83.9 Å². The van der Waals surface area contributed by atoms with E-state index in [2.05, 4.69) is 32.1 Å². The molecule has 2 aromatic rings. The van der Waals surface area contributed by atoms with Crippen LogP contribution in [0.3, 0.4) is 0 Å². The Morgan fingerprint density at radius 2 is 2.31 bits per heavy atom. The summed E-state index contributed by atoms with van der Waals surface area (Å²) in [6.45, 7) is 0. The minimum atomic E-state index is 0.689. The summed E-state index contributed by atoms with van der Waals surface area (Å²) < 4.78 is 2.99. The van der Waals surface area contributed by atoms with Crippen molar-refractivity contribution < 1.29 is 0 Å². The summed E-state index contributed by atoms with van der Waals surface area (Å²) in [5.74, 6) is 1.48. The summed E-state index contributed by atoms with van der Waals surface area (Å²) in [5.41, 5.74) is 1.18. The van der Waals surface area contributed by atoms with Crippen LogP contribution in [0.2, 0.25) is 0 Å². The predicted octanol–water partition coefficient (Wildman–Crippen LogP) is 2.37. The van der Waals surface area contributed by atoms with E-state index in [-0.39, 0.29) is 0 Å². The molecule has 0 N–H and O–H groups in total. The van der Waals surface area contributed by atoms with Gasteiger partial charge in [-0.1, -0.05) is 0 Å². The molecule has 0 aliphatic heterocycles. The topological polar surface area (TPSA) is 30.2 Å². The molecule has 0 saturated heterocycles. The van der Waals surface area contributed by atoms with E-state index in [4.69, 9.17) is 0 Å². The molecule has 1 aliphatic carbocycles. The zero-order valence-corrected chi connectivity index (χ0v) is 8.53. The summed E-state index contributed by atoms with van der Waals surface area (Å²) in [6, 6.07) is 1.92. The van der Waals surface area contributed by atoms with Gasteiger partial charge in [-0.3, -0.25) is 4.40 Å². The molecule has 0 unspecified atom stereocenters. The molecule has 3 nitrogen and oxygen atoms in total. The zero-order valence-electron chi connectivity index (χ0n) is 6.94. The third-order valence-electron chi connectivity index (χ3n) is 2.33. The van der Waals surface area contributed by atoms with Gasteiger partial charge in [0.25, 0.3) is 0 Å².